The molecule has 4 aliphatic rings. The van der Waals surface area contributed by atoms with Crippen LogP contribution in [-0.2, 0) is 20.9 Å². The second-order valence-electron chi connectivity index (χ2n) is 12.8. The lowest BCUT2D eigenvalue weighted by molar-refractivity contribution is -0.136. The predicted molar refractivity (Wildman–Crippen MR) is 180 cm³/mol. The van der Waals surface area contributed by atoms with Gasteiger partial charge in [0.15, 0.2) is 0 Å². The summed E-state index contributed by atoms with van der Waals surface area (Å²) in [6.45, 7) is 5.09. The largest absolute Gasteiger partial charge is 0.397 e. The average molecular weight is 657 g/mol. The molecule has 6 rings (SSSR count). The van der Waals surface area contributed by atoms with E-state index in [0.29, 0.717) is 63.0 Å². The molecule has 5 amide bonds. The lowest BCUT2D eigenvalue weighted by atomic mass is 9.91. The third-order valence-electron chi connectivity index (χ3n) is 9.52. The molecule has 13 nitrogen and oxygen atoms in total. The quantitative estimate of drug-likeness (QED) is 0.179. The fourth-order valence-electron chi connectivity index (χ4n) is 6.81. The highest BCUT2D eigenvalue weighted by molar-refractivity contribution is 6.05. The van der Waals surface area contributed by atoms with E-state index in [2.05, 4.69) is 37.7 Å². The van der Waals surface area contributed by atoms with Crippen LogP contribution in [0.1, 0.15) is 66.4 Å². The van der Waals surface area contributed by atoms with Crippen LogP contribution in [0, 0.1) is 11.8 Å². The summed E-state index contributed by atoms with van der Waals surface area (Å²) in [6, 6.07) is 9.30. The smallest absolute Gasteiger partial charge is 0.317 e. The third kappa shape index (κ3) is 8.24. The van der Waals surface area contributed by atoms with E-state index in [1.165, 1.54) is 0 Å². The lowest BCUT2D eigenvalue weighted by Crippen LogP contribution is -2.54. The van der Waals surface area contributed by atoms with Gasteiger partial charge >= 0.3 is 6.03 Å². The Balaban J connectivity index is 0.819. The Morgan fingerprint density at radius 1 is 1.00 bits per heavy atom. The van der Waals surface area contributed by atoms with Gasteiger partial charge in [-0.1, -0.05) is 11.8 Å². The SMILES string of the molecule is Nc1ccc(N2CCN(C(=O)NC3CCC(NCCOCCC#Cc4ccc5c(c4)CN(C4CCC(=O)NC4=O)C5=O)CC3)CC2)nc1. The zero-order valence-electron chi connectivity index (χ0n) is 27.2. The second-order valence-corrected chi connectivity index (χ2v) is 12.8. The van der Waals surface area contributed by atoms with E-state index in [9.17, 15) is 19.2 Å². The van der Waals surface area contributed by atoms with Crippen molar-refractivity contribution in [2.24, 2.45) is 0 Å². The van der Waals surface area contributed by atoms with Crippen molar-refractivity contribution in [3.05, 3.63) is 53.2 Å². The number of rotatable bonds is 9. The monoisotopic (exact) mass is 656 g/mol. The number of hydrogen-bond donors (Lipinski definition) is 4. The van der Waals surface area contributed by atoms with Gasteiger partial charge in [-0.05, 0) is 68.0 Å². The number of piperazine rings is 1. The number of nitrogens with one attached hydrogen (secondary N) is 3. The Hall–Kier alpha value is -4.67. The standard InChI is InChI=1S/C35H44N8O5/c36-26-5-12-31(38-22-26)41-15-17-42(18-16-41)35(47)39-28-8-6-27(7-9-28)37-14-20-48-19-2-1-3-24-4-10-29-25(21-24)23-43(34(29)46)30-11-13-32(44)40-33(30)45/h4-5,10,12,21-22,27-28,30,37H,2,6-9,11,13-20,23,36H2,(H,39,47)(H,40,44,45). The summed E-state index contributed by atoms with van der Waals surface area (Å²) in [5, 5.41) is 9.15. The van der Waals surface area contributed by atoms with Crippen molar-refractivity contribution >= 4 is 35.3 Å². The Morgan fingerprint density at radius 2 is 1.79 bits per heavy atom. The van der Waals surface area contributed by atoms with Gasteiger partial charge in [-0.2, -0.15) is 0 Å². The Labute approximate surface area is 280 Å². The summed E-state index contributed by atoms with van der Waals surface area (Å²) in [6.07, 6.45) is 6.79. The van der Waals surface area contributed by atoms with Gasteiger partial charge in [-0.3, -0.25) is 19.7 Å². The van der Waals surface area contributed by atoms with Crippen LogP contribution in [0.15, 0.2) is 36.5 Å². The minimum atomic E-state index is -0.621. The van der Waals surface area contributed by atoms with Crippen LogP contribution in [0.25, 0.3) is 0 Å². The number of carbonyl (C=O) groups excluding carboxylic acids is 4. The first-order chi connectivity index (χ1) is 23.3. The van der Waals surface area contributed by atoms with Crippen LogP contribution in [0.2, 0.25) is 0 Å². The van der Waals surface area contributed by atoms with Crippen LogP contribution in [0.5, 0.6) is 0 Å². The first-order valence-electron chi connectivity index (χ1n) is 16.9. The molecule has 1 unspecified atom stereocenters. The maximum atomic E-state index is 12.9. The number of hydrogen-bond acceptors (Lipinski definition) is 9. The van der Waals surface area contributed by atoms with Crippen LogP contribution in [0.4, 0.5) is 16.3 Å². The molecule has 0 spiro atoms. The first-order valence-corrected chi connectivity index (χ1v) is 16.9. The van der Waals surface area contributed by atoms with Gasteiger partial charge in [0.1, 0.15) is 11.9 Å². The number of benzene rings is 1. The molecule has 48 heavy (non-hydrogen) atoms. The van der Waals surface area contributed by atoms with Crippen LogP contribution >= 0.6 is 0 Å². The molecule has 5 N–H and O–H groups in total. The van der Waals surface area contributed by atoms with E-state index >= 15 is 0 Å². The van der Waals surface area contributed by atoms with E-state index in [0.717, 1.165) is 62.3 Å². The van der Waals surface area contributed by atoms with Gasteiger partial charge in [0, 0.05) is 75.3 Å². The molecule has 1 aromatic heterocycles. The van der Waals surface area contributed by atoms with Crippen molar-refractivity contribution in [1.82, 2.24) is 30.7 Å². The molecule has 1 aliphatic carbocycles. The molecule has 0 bridgehead atoms. The van der Waals surface area contributed by atoms with Crippen LogP contribution in [0.3, 0.4) is 0 Å². The summed E-state index contributed by atoms with van der Waals surface area (Å²) >= 11 is 0. The molecule has 0 radical (unpaired) electrons. The van der Waals surface area contributed by atoms with Crippen molar-refractivity contribution in [3.63, 3.8) is 0 Å². The Bertz CT molecular complexity index is 1550. The highest BCUT2D eigenvalue weighted by atomic mass is 16.5. The third-order valence-corrected chi connectivity index (χ3v) is 9.52. The number of nitrogen functional groups attached to an aromatic ring is 1. The second kappa shape index (κ2) is 15.5. The highest BCUT2D eigenvalue weighted by Gasteiger charge is 2.39. The molecular formula is C35H44N8O5. The van der Waals surface area contributed by atoms with Gasteiger partial charge in [0.25, 0.3) is 5.91 Å². The zero-order valence-corrected chi connectivity index (χ0v) is 27.2. The number of ether oxygens (including phenoxy) is 1. The van der Waals surface area contributed by atoms with Gasteiger partial charge in [0.05, 0.1) is 25.1 Å². The Kier molecular flexibility index (Phi) is 10.7. The van der Waals surface area contributed by atoms with Crippen molar-refractivity contribution in [3.8, 4) is 11.8 Å². The number of imide groups is 1. The first kappa shape index (κ1) is 33.2. The number of anilines is 2. The molecule has 1 aromatic carbocycles. The highest BCUT2D eigenvalue weighted by Crippen LogP contribution is 2.28. The molecule has 254 valence electrons. The number of aromatic nitrogens is 1. The van der Waals surface area contributed by atoms with Crippen molar-refractivity contribution in [2.45, 2.75) is 69.6 Å². The fraction of sp³-hybridized carbons (Fsp3) is 0.514. The van der Waals surface area contributed by atoms with Gasteiger partial charge in [-0.15, -0.1) is 0 Å². The zero-order chi connectivity index (χ0) is 33.5. The summed E-state index contributed by atoms with van der Waals surface area (Å²) < 4.78 is 5.78. The van der Waals surface area contributed by atoms with Crippen LogP contribution in [-0.4, -0.2) is 103 Å². The average Bonchev–Trinajstić information content (AvgIpc) is 3.42. The minimum absolute atomic E-state index is 0.0236. The van der Waals surface area contributed by atoms with Crippen LogP contribution < -0.4 is 26.6 Å². The number of urea groups is 1. The summed E-state index contributed by atoms with van der Waals surface area (Å²) in [4.78, 5) is 59.5. The molecule has 4 heterocycles. The van der Waals surface area contributed by atoms with Crippen molar-refractivity contribution in [1.29, 1.82) is 0 Å². The summed E-state index contributed by atoms with van der Waals surface area (Å²) in [5.41, 5.74) is 8.63. The maximum absolute atomic E-state index is 12.9. The molecule has 1 saturated carbocycles. The van der Waals surface area contributed by atoms with E-state index in [-0.39, 0.29) is 30.3 Å². The topological polar surface area (TPSA) is 162 Å². The van der Waals surface area contributed by atoms with E-state index in [1.54, 1.807) is 17.2 Å². The number of carbonyl (C=O) groups is 4. The molecule has 13 heteroatoms. The Morgan fingerprint density at radius 3 is 2.54 bits per heavy atom. The summed E-state index contributed by atoms with van der Waals surface area (Å²) in [5.74, 6) is 6.29. The predicted octanol–water partition coefficient (Wildman–Crippen LogP) is 1.62. The number of fused-ring (bicyclic) bond motifs is 1. The number of piperidine rings is 1. The maximum Gasteiger partial charge on any atom is 0.317 e. The molecule has 2 aromatic rings. The van der Waals surface area contributed by atoms with Gasteiger partial charge in [0.2, 0.25) is 11.8 Å². The van der Waals surface area contributed by atoms with Crippen molar-refractivity contribution in [2.75, 3.05) is 56.6 Å². The molecule has 2 saturated heterocycles. The van der Waals surface area contributed by atoms with E-state index < -0.39 is 11.9 Å². The van der Waals surface area contributed by atoms with Gasteiger partial charge < -0.3 is 35.8 Å². The molecule has 1 atom stereocenters. The lowest BCUT2D eigenvalue weighted by Gasteiger charge is -2.37. The van der Waals surface area contributed by atoms with Gasteiger partial charge in [-0.25, -0.2) is 9.78 Å². The molecule has 3 aliphatic heterocycles. The molecular weight excluding hydrogens is 612 g/mol. The number of nitrogens with zero attached hydrogens (tertiary/aromatic N) is 4. The number of amides is 5. The number of pyridine rings is 1. The summed E-state index contributed by atoms with van der Waals surface area (Å²) in [7, 11) is 0. The van der Waals surface area contributed by atoms with E-state index in [4.69, 9.17) is 10.5 Å². The minimum Gasteiger partial charge on any atom is -0.397 e. The molecule has 3 fully saturated rings. The van der Waals surface area contributed by atoms with E-state index in [1.807, 2.05) is 29.2 Å². The normalized spacial score (nSPS) is 22.5. The number of nitrogens with two attached hydrogens (primary N) is 1. The fourth-order valence-corrected chi connectivity index (χ4v) is 6.81. The van der Waals surface area contributed by atoms with Crippen molar-refractivity contribution < 1.29 is 23.9 Å².